The molecule has 0 aliphatic carbocycles. The zero-order valence-corrected chi connectivity index (χ0v) is 10.7. The van der Waals surface area contributed by atoms with E-state index >= 15 is 0 Å². The molecule has 0 aliphatic rings. The van der Waals surface area contributed by atoms with Gasteiger partial charge in [-0.2, -0.15) is 5.10 Å². The second-order valence-electron chi connectivity index (χ2n) is 4.59. The summed E-state index contributed by atoms with van der Waals surface area (Å²) in [7, 11) is 0. The Labute approximate surface area is 102 Å². The molecule has 0 radical (unpaired) electrons. The van der Waals surface area contributed by atoms with Crippen molar-refractivity contribution in [3.05, 3.63) is 18.0 Å². The van der Waals surface area contributed by atoms with Gasteiger partial charge in [0.25, 0.3) is 0 Å². The number of aromatic nitrogens is 2. The summed E-state index contributed by atoms with van der Waals surface area (Å²) in [6, 6.07) is 0. The Morgan fingerprint density at radius 1 is 1.65 bits per heavy atom. The highest BCUT2D eigenvalue weighted by molar-refractivity contribution is 5.78. The molecule has 5 heteroatoms. The van der Waals surface area contributed by atoms with E-state index in [2.05, 4.69) is 10.4 Å². The van der Waals surface area contributed by atoms with Crippen LogP contribution in [0.25, 0.3) is 0 Å². The molecule has 0 spiro atoms. The summed E-state index contributed by atoms with van der Waals surface area (Å²) in [6.45, 7) is 7.02. The molecular weight excluding hydrogens is 218 g/mol. The minimum absolute atomic E-state index is 0.517. The van der Waals surface area contributed by atoms with Gasteiger partial charge in [0.2, 0.25) is 0 Å². The van der Waals surface area contributed by atoms with Crippen LogP contribution in [0.3, 0.4) is 0 Å². The molecule has 1 aromatic heterocycles. The molecule has 96 valence electrons. The molecule has 1 unspecified atom stereocenters. The smallest absolute Gasteiger partial charge is 0.323 e. The van der Waals surface area contributed by atoms with Crippen LogP contribution in [0.2, 0.25) is 0 Å². The van der Waals surface area contributed by atoms with Crippen LogP contribution in [0.4, 0.5) is 0 Å². The Morgan fingerprint density at radius 3 is 2.82 bits per heavy atom. The standard InChI is InChI=1S/C12H21N3O2/c1-4-6-13-12(3,11(16)17)5-7-15-9-10(2)8-14-15/h8-9,13H,4-7H2,1-3H3,(H,16,17). The summed E-state index contributed by atoms with van der Waals surface area (Å²) < 4.78 is 1.78. The number of carboxylic acids is 1. The molecule has 0 aromatic carbocycles. The number of rotatable bonds is 7. The first kappa shape index (κ1) is 13.7. The van der Waals surface area contributed by atoms with Crippen LogP contribution < -0.4 is 5.32 Å². The SMILES string of the molecule is CCCNC(C)(CCn1cc(C)cn1)C(=O)O. The summed E-state index contributed by atoms with van der Waals surface area (Å²) in [5.74, 6) is -0.810. The second-order valence-corrected chi connectivity index (χ2v) is 4.59. The van der Waals surface area contributed by atoms with Gasteiger partial charge in [-0.3, -0.25) is 9.48 Å². The van der Waals surface area contributed by atoms with Crippen LogP contribution in [-0.4, -0.2) is 32.9 Å². The van der Waals surface area contributed by atoms with Crippen molar-refractivity contribution in [2.45, 2.75) is 45.7 Å². The summed E-state index contributed by atoms with van der Waals surface area (Å²) >= 11 is 0. The molecule has 0 saturated heterocycles. The van der Waals surface area contributed by atoms with Gasteiger partial charge in [0.1, 0.15) is 5.54 Å². The molecule has 17 heavy (non-hydrogen) atoms. The zero-order valence-electron chi connectivity index (χ0n) is 10.7. The summed E-state index contributed by atoms with van der Waals surface area (Å²) in [5, 5.41) is 16.5. The fourth-order valence-corrected chi connectivity index (χ4v) is 1.60. The van der Waals surface area contributed by atoms with Crippen LogP contribution in [0, 0.1) is 6.92 Å². The van der Waals surface area contributed by atoms with Crippen LogP contribution >= 0.6 is 0 Å². The van der Waals surface area contributed by atoms with Gasteiger partial charge in [-0.1, -0.05) is 6.92 Å². The van der Waals surface area contributed by atoms with Crippen LogP contribution in [-0.2, 0) is 11.3 Å². The summed E-state index contributed by atoms with van der Waals surface area (Å²) in [4.78, 5) is 11.3. The highest BCUT2D eigenvalue weighted by atomic mass is 16.4. The average molecular weight is 239 g/mol. The number of hydrogen-bond donors (Lipinski definition) is 2. The van der Waals surface area contributed by atoms with Crippen molar-refractivity contribution < 1.29 is 9.90 Å². The highest BCUT2D eigenvalue weighted by Gasteiger charge is 2.31. The molecule has 1 rings (SSSR count). The van der Waals surface area contributed by atoms with Crippen molar-refractivity contribution >= 4 is 5.97 Å². The van der Waals surface area contributed by atoms with Gasteiger partial charge in [0, 0.05) is 12.7 Å². The lowest BCUT2D eigenvalue weighted by molar-refractivity contribution is -0.144. The third kappa shape index (κ3) is 3.85. The zero-order chi connectivity index (χ0) is 12.9. The van der Waals surface area contributed by atoms with Crippen molar-refractivity contribution in [3.63, 3.8) is 0 Å². The molecule has 5 nitrogen and oxygen atoms in total. The van der Waals surface area contributed by atoms with Crippen molar-refractivity contribution in [1.82, 2.24) is 15.1 Å². The van der Waals surface area contributed by atoms with Crippen molar-refractivity contribution in [1.29, 1.82) is 0 Å². The molecule has 0 saturated carbocycles. The molecule has 1 heterocycles. The second kappa shape index (κ2) is 5.82. The van der Waals surface area contributed by atoms with Crippen molar-refractivity contribution in [3.8, 4) is 0 Å². The number of aryl methyl sites for hydroxylation is 2. The van der Waals surface area contributed by atoms with Gasteiger partial charge in [0.15, 0.2) is 0 Å². The highest BCUT2D eigenvalue weighted by Crippen LogP contribution is 2.12. The van der Waals surface area contributed by atoms with E-state index in [4.69, 9.17) is 0 Å². The van der Waals surface area contributed by atoms with Crippen molar-refractivity contribution in [2.75, 3.05) is 6.54 Å². The quantitative estimate of drug-likeness (QED) is 0.755. The van der Waals surface area contributed by atoms with Gasteiger partial charge >= 0.3 is 5.97 Å². The maximum absolute atomic E-state index is 11.3. The lowest BCUT2D eigenvalue weighted by atomic mass is 9.98. The number of carboxylic acid groups (broad SMARTS) is 1. The molecule has 1 atom stereocenters. The summed E-state index contributed by atoms with van der Waals surface area (Å²) in [5.41, 5.74) is 0.208. The molecule has 0 bridgehead atoms. The maximum Gasteiger partial charge on any atom is 0.323 e. The Morgan fingerprint density at radius 2 is 2.35 bits per heavy atom. The van der Waals surface area contributed by atoms with E-state index < -0.39 is 11.5 Å². The van der Waals surface area contributed by atoms with Gasteiger partial charge in [-0.05, 0) is 38.8 Å². The Balaban J connectivity index is 2.58. The largest absolute Gasteiger partial charge is 0.480 e. The first-order chi connectivity index (χ1) is 7.98. The number of aliphatic carboxylic acids is 1. The fraction of sp³-hybridized carbons (Fsp3) is 0.667. The minimum atomic E-state index is -0.879. The van der Waals surface area contributed by atoms with Gasteiger partial charge < -0.3 is 10.4 Å². The van der Waals surface area contributed by atoms with Gasteiger partial charge in [0.05, 0.1) is 6.20 Å². The van der Waals surface area contributed by atoms with Crippen LogP contribution in [0.5, 0.6) is 0 Å². The van der Waals surface area contributed by atoms with Crippen LogP contribution in [0.15, 0.2) is 12.4 Å². The monoisotopic (exact) mass is 239 g/mol. The predicted molar refractivity (Wildman–Crippen MR) is 65.9 cm³/mol. The van der Waals surface area contributed by atoms with Gasteiger partial charge in [-0.25, -0.2) is 0 Å². The first-order valence-corrected chi connectivity index (χ1v) is 5.95. The molecule has 0 fully saturated rings. The van der Waals surface area contributed by atoms with E-state index in [1.54, 1.807) is 17.8 Å². The number of nitrogens with one attached hydrogen (secondary N) is 1. The predicted octanol–water partition coefficient (Wildman–Crippen LogP) is 1.42. The molecule has 1 aromatic rings. The molecule has 0 aliphatic heterocycles. The van der Waals surface area contributed by atoms with Crippen molar-refractivity contribution in [2.24, 2.45) is 0 Å². The van der Waals surface area contributed by atoms with E-state index in [0.29, 0.717) is 19.5 Å². The Hall–Kier alpha value is -1.36. The third-order valence-corrected chi connectivity index (χ3v) is 2.84. The normalized spacial score (nSPS) is 14.5. The topological polar surface area (TPSA) is 67.2 Å². The first-order valence-electron chi connectivity index (χ1n) is 5.95. The fourth-order valence-electron chi connectivity index (χ4n) is 1.60. The van der Waals surface area contributed by atoms with Crippen LogP contribution in [0.1, 0.15) is 32.3 Å². The average Bonchev–Trinajstić information content (AvgIpc) is 2.69. The van der Waals surface area contributed by atoms with E-state index in [-0.39, 0.29) is 0 Å². The molecule has 2 N–H and O–H groups in total. The third-order valence-electron chi connectivity index (χ3n) is 2.84. The molecule has 0 amide bonds. The minimum Gasteiger partial charge on any atom is -0.480 e. The lowest BCUT2D eigenvalue weighted by Crippen LogP contribution is -2.50. The number of hydrogen-bond acceptors (Lipinski definition) is 3. The Bertz CT molecular complexity index is 376. The van der Waals surface area contributed by atoms with E-state index in [1.807, 2.05) is 20.0 Å². The van der Waals surface area contributed by atoms with E-state index in [1.165, 1.54) is 0 Å². The Kier molecular flexibility index (Phi) is 4.69. The van der Waals surface area contributed by atoms with E-state index in [0.717, 1.165) is 12.0 Å². The number of carbonyl (C=O) groups is 1. The molecular formula is C12H21N3O2. The summed E-state index contributed by atoms with van der Waals surface area (Å²) in [6.07, 6.45) is 5.13. The number of nitrogens with zero attached hydrogens (tertiary/aromatic N) is 2. The van der Waals surface area contributed by atoms with Gasteiger partial charge in [-0.15, -0.1) is 0 Å². The van der Waals surface area contributed by atoms with E-state index in [9.17, 15) is 9.90 Å². The maximum atomic E-state index is 11.3. The lowest BCUT2D eigenvalue weighted by Gasteiger charge is -2.26.